The standard InChI is InChI=1S/C21H16FN3O3/c1-24-10-15(9-23-24)13-6-7-14(18(22)8-13)11-25-12-17(21(27)28)20(26)16-4-2-3-5-19(16)25/h2-10,12H,11H2,1H3,(H,27,28). The monoisotopic (exact) mass is 377 g/mol. The van der Waals surface area contributed by atoms with E-state index in [0.29, 0.717) is 16.6 Å². The Morgan fingerprint density at radius 3 is 2.61 bits per heavy atom. The molecule has 0 bridgehead atoms. The van der Waals surface area contributed by atoms with Gasteiger partial charge < -0.3 is 9.67 Å². The van der Waals surface area contributed by atoms with E-state index in [-0.39, 0.29) is 17.5 Å². The van der Waals surface area contributed by atoms with Gasteiger partial charge in [-0.05, 0) is 23.8 Å². The highest BCUT2D eigenvalue weighted by Crippen LogP contribution is 2.23. The Kier molecular flexibility index (Phi) is 4.27. The zero-order valence-corrected chi connectivity index (χ0v) is 15.0. The summed E-state index contributed by atoms with van der Waals surface area (Å²) >= 11 is 0. The van der Waals surface area contributed by atoms with Crippen molar-refractivity contribution in [2.24, 2.45) is 7.05 Å². The average Bonchev–Trinajstić information content (AvgIpc) is 3.11. The maximum Gasteiger partial charge on any atom is 0.341 e. The van der Waals surface area contributed by atoms with Gasteiger partial charge in [-0.3, -0.25) is 9.48 Å². The first-order chi connectivity index (χ1) is 13.4. The van der Waals surface area contributed by atoms with E-state index >= 15 is 0 Å². The lowest BCUT2D eigenvalue weighted by atomic mass is 10.1. The average molecular weight is 377 g/mol. The van der Waals surface area contributed by atoms with Crippen molar-refractivity contribution in [3.63, 3.8) is 0 Å². The third-order valence-electron chi connectivity index (χ3n) is 4.65. The number of para-hydroxylation sites is 1. The number of aryl methyl sites for hydroxylation is 1. The lowest BCUT2D eigenvalue weighted by Gasteiger charge is -2.13. The molecule has 0 spiro atoms. The number of fused-ring (bicyclic) bond motifs is 1. The molecule has 2 aromatic carbocycles. The number of carboxylic acid groups (broad SMARTS) is 1. The van der Waals surface area contributed by atoms with Crippen LogP contribution >= 0.6 is 0 Å². The van der Waals surface area contributed by atoms with Gasteiger partial charge in [-0.15, -0.1) is 0 Å². The fourth-order valence-electron chi connectivity index (χ4n) is 3.24. The maximum atomic E-state index is 14.7. The molecule has 4 rings (SSSR count). The highest BCUT2D eigenvalue weighted by Gasteiger charge is 2.15. The molecule has 0 saturated heterocycles. The molecule has 0 atom stereocenters. The van der Waals surface area contributed by atoms with Gasteiger partial charge in [0.1, 0.15) is 11.4 Å². The minimum Gasteiger partial charge on any atom is -0.477 e. The molecular formula is C21H16FN3O3. The second-order valence-corrected chi connectivity index (χ2v) is 6.53. The number of nitrogens with zero attached hydrogens (tertiary/aromatic N) is 3. The van der Waals surface area contributed by atoms with Crippen LogP contribution in [0.2, 0.25) is 0 Å². The Morgan fingerprint density at radius 1 is 1.14 bits per heavy atom. The number of halogens is 1. The molecule has 0 fully saturated rings. The van der Waals surface area contributed by atoms with E-state index in [4.69, 9.17) is 0 Å². The van der Waals surface area contributed by atoms with Crippen LogP contribution in [-0.4, -0.2) is 25.4 Å². The topological polar surface area (TPSA) is 77.1 Å². The highest BCUT2D eigenvalue weighted by molar-refractivity contribution is 5.92. The first-order valence-electron chi connectivity index (χ1n) is 8.57. The Balaban J connectivity index is 1.79. The fraction of sp³-hybridized carbons (Fsp3) is 0.0952. The van der Waals surface area contributed by atoms with Crippen LogP contribution in [0.25, 0.3) is 22.0 Å². The van der Waals surface area contributed by atoms with Gasteiger partial charge in [-0.2, -0.15) is 5.10 Å². The molecular weight excluding hydrogens is 361 g/mol. The van der Waals surface area contributed by atoms with Gasteiger partial charge in [0.05, 0.1) is 18.3 Å². The highest BCUT2D eigenvalue weighted by atomic mass is 19.1. The predicted molar refractivity (Wildman–Crippen MR) is 103 cm³/mol. The van der Waals surface area contributed by atoms with E-state index in [1.165, 1.54) is 12.3 Å². The molecule has 2 aromatic heterocycles. The zero-order chi connectivity index (χ0) is 19.8. The second-order valence-electron chi connectivity index (χ2n) is 6.53. The van der Waals surface area contributed by atoms with Gasteiger partial charge >= 0.3 is 5.97 Å². The number of carboxylic acids is 1. The van der Waals surface area contributed by atoms with E-state index in [0.717, 1.165) is 5.56 Å². The second kappa shape index (κ2) is 6.77. The van der Waals surface area contributed by atoms with Gasteiger partial charge in [-0.25, -0.2) is 9.18 Å². The van der Waals surface area contributed by atoms with Crippen molar-refractivity contribution in [1.82, 2.24) is 14.3 Å². The Bertz CT molecular complexity index is 1270. The predicted octanol–water partition coefficient (Wildman–Crippen LogP) is 3.29. The minimum absolute atomic E-state index is 0.0974. The van der Waals surface area contributed by atoms with Crippen LogP contribution in [0.5, 0.6) is 0 Å². The van der Waals surface area contributed by atoms with Crippen molar-refractivity contribution in [3.05, 3.63) is 88.2 Å². The summed E-state index contributed by atoms with van der Waals surface area (Å²) in [6, 6.07) is 11.6. The number of hydrogen-bond donors (Lipinski definition) is 1. The molecule has 0 unspecified atom stereocenters. The number of aromatic carboxylic acids is 1. The number of benzene rings is 2. The molecule has 4 aromatic rings. The van der Waals surface area contributed by atoms with E-state index in [9.17, 15) is 19.1 Å². The summed E-state index contributed by atoms with van der Waals surface area (Å²) < 4.78 is 18.0. The summed E-state index contributed by atoms with van der Waals surface area (Å²) in [7, 11) is 1.79. The Morgan fingerprint density at radius 2 is 1.93 bits per heavy atom. The van der Waals surface area contributed by atoms with Crippen molar-refractivity contribution in [1.29, 1.82) is 0 Å². The molecule has 0 amide bonds. The van der Waals surface area contributed by atoms with Crippen molar-refractivity contribution < 1.29 is 14.3 Å². The van der Waals surface area contributed by atoms with Crippen molar-refractivity contribution in [2.45, 2.75) is 6.54 Å². The van der Waals surface area contributed by atoms with Crippen LogP contribution in [0.3, 0.4) is 0 Å². The summed E-state index contributed by atoms with van der Waals surface area (Å²) in [6.45, 7) is 0.0974. The SMILES string of the molecule is Cn1cc(-c2ccc(Cn3cc(C(=O)O)c(=O)c4ccccc43)c(F)c2)cn1. The number of aromatic nitrogens is 3. The number of pyridine rings is 1. The van der Waals surface area contributed by atoms with Crippen LogP contribution in [0.15, 0.2) is 65.8 Å². The van der Waals surface area contributed by atoms with Crippen LogP contribution in [0, 0.1) is 5.82 Å². The van der Waals surface area contributed by atoms with Crippen molar-refractivity contribution in [3.8, 4) is 11.1 Å². The lowest BCUT2D eigenvalue weighted by Crippen LogP contribution is -2.19. The smallest absolute Gasteiger partial charge is 0.341 e. The molecule has 0 aliphatic rings. The van der Waals surface area contributed by atoms with Gasteiger partial charge in [0, 0.05) is 36.0 Å². The van der Waals surface area contributed by atoms with Crippen LogP contribution in [0.1, 0.15) is 15.9 Å². The van der Waals surface area contributed by atoms with Crippen LogP contribution in [-0.2, 0) is 13.6 Å². The number of carbonyl (C=O) groups is 1. The molecule has 0 saturated carbocycles. The summed E-state index contributed by atoms with van der Waals surface area (Å²) in [5, 5.41) is 13.7. The largest absolute Gasteiger partial charge is 0.477 e. The summed E-state index contributed by atoms with van der Waals surface area (Å²) in [6.07, 6.45) is 4.72. The van der Waals surface area contributed by atoms with Crippen molar-refractivity contribution in [2.75, 3.05) is 0 Å². The van der Waals surface area contributed by atoms with Gasteiger partial charge in [-0.1, -0.05) is 24.3 Å². The van der Waals surface area contributed by atoms with Gasteiger partial charge in [0.25, 0.3) is 0 Å². The zero-order valence-electron chi connectivity index (χ0n) is 15.0. The number of rotatable bonds is 4. The van der Waals surface area contributed by atoms with E-state index in [1.807, 2.05) is 0 Å². The summed E-state index contributed by atoms with van der Waals surface area (Å²) in [5.41, 5.74) is 1.55. The van der Waals surface area contributed by atoms with Crippen molar-refractivity contribution >= 4 is 16.9 Å². The van der Waals surface area contributed by atoms with E-state index < -0.39 is 17.2 Å². The fourth-order valence-corrected chi connectivity index (χ4v) is 3.24. The van der Waals surface area contributed by atoms with Gasteiger partial charge in [0.15, 0.2) is 0 Å². The minimum atomic E-state index is -1.31. The molecule has 2 heterocycles. The van der Waals surface area contributed by atoms with Crippen LogP contribution in [0.4, 0.5) is 4.39 Å². The third-order valence-corrected chi connectivity index (χ3v) is 4.65. The lowest BCUT2D eigenvalue weighted by molar-refractivity contribution is 0.0695. The molecule has 0 aliphatic heterocycles. The molecule has 0 radical (unpaired) electrons. The van der Waals surface area contributed by atoms with Crippen LogP contribution < -0.4 is 5.43 Å². The quantitative estimate of drug-likeness (QED) is 0.592. The van der Waals surface area contributed by atoms with E-state index in [2.05, 4.69) is 5.10 Å². The molecule has 7 heteroatoms. The molecule has 28 heavy (non-hydrogen) atoms. The molecule has 0 aliphatic carbocycles. The summed E-state index contributed by atoms with van der Waals surface area (Å²) in [5.74, 6) is -1.72. The third kappa shape index (κ3) is 3.07. The van der Waals surface area contributed by atoms with E-state index in [1.54, 1.807) is 65.1 Å². The first kappa shape index (κ1) is 17.7. The normalized spacial score (nSPS) is 11.1. The maximum absolute atomic E-state index is 14.7. The molecule has 140 valence electrons. The first-order valence-corrected chi connectivity index (χ1v) is 8.57. The molecule has 6 nitrogen and oxygen atoms in total. The number of hydrogen-bond acceptors (Lipinski definition) is 3. The molecule has 1 N–H and O–H groups in total. The Labute approximate surface area is 159 Å². The summed E-state index contributed by atoms with van der Waals surface area (Å²) in [4.78, 5) is 23.8. The Hall–Kier alpha value is -3.74. The van der Waals surface area contributed by atoms with Gasteiger partial charge in [0.2, 0.25) is 5.43 Å².